The van der Waals surface area contributed by atoms with Crippen molar-refractivity contribution in [3.05, 3.63) is 12.7 Å². The van der Waals surface area contributed by atoms with Gasteiger partial charge >= 0.3 is 0 Å². The highest BCUT2D eigenvalue weighted by Gasteiger charge is 2.49. The van der Waals surface area contributed by atoms with Crippen LogP contribution in [-0.2, 0) is 0 Å². The van der Waals surface area contributed by atoms with Gasteiger partial charge in [-0.3, -0.25) is 0 Å². The second kappa shape index (κ2) is 3.61. The van der Waals surface area contributed by atoms with E-state index in [1.807, 2.05) is 6.08 Å². The molecule has 1 aliphatic rings. The van der Waals surface area contributed by atoms with E-state index >= 15 is 0 Å². The van der Waals surface area contributed by atoms with Crippen molar-refractivity contribution in [2.24, 2.45) is 11.3 Å². The Balaban J connectivity index is 2.39. The highest BCUT2D eigenvalue weighted by Crippen LogP contribution is 2.54. The lowest BCUT2D eigenvalue weighted by atomic mass is 10.0. The fourth-order valence-electron chi connectivity index (χ4n) is 2.03. The zero-order chi connectivity index (χ0) is 9.19. The molecule has 0 aromatic heterocycles. The molecule has 1 N–H and O–H groups in total. The molecule has 1 nitrogen and oxygen atoms in total. The van der Waals surface area contributed by atoms with E-state index in [0.717, 1.165) is 18.9 Å². The monoisotopic (exact) mass is 167 g/mol. The SMILES string of the molecule is C=CCC(NCC)C1CC1(C)C. The van der Waals surface area contributed by atoms with Crippen LogP contribution in [0.25, 0.3) is 0 Å². The van der Waals surface area contributed by atoms with E-state index in [0.29, 0.717) is 11.5 Å². The van der Waals surface area contributed by atoms with Crippen LogP contribution in [0.15, 0.2) is 12.7 Å². The summed E-state index contributed by atoms with van der Waals surface area (Å²) < 4.78 is 0. The lowest BCUT2D eigenvalue weighted by Crippen LogP contribution is -2.31. The third-order valence-electron chi connectivity index (χ3n) is 2.96. The van der Waals surface area contributed by atoms with Gasteiger partial charge in [-0.2, -0.15) is 0 Å². The summed E-state index contributed by atoms with van der Waals surface area (Å²) in [4.78, 5) is 0. The molecule has 0 aromatic rings. The van der Waals surface area contributed by atoms with Crippen molar-refractivity contribution in [3.63, 3.8) is 0 Å². The zero-order valence-corrected chi connectivity index (χ0v) is 8.56. The van der Waals surface area contributed by atoms with Gasteiger partial charge in [0.05, 0.1) is 0 Å². The lowest BCUT2D eigenvalue weighted by molar-refractivity contribution is 0.414. The van der Waals surface area contributed by atoms with Gasteiger partial charge in [0.1, 0.15) is 0 Å². The maximum atomic E-state index is 3.80. The average Bonchev–Trinajstić information content (AvgIpc) is 2.60. The minimum Gasteiger partial charge on any atom is -0.314 e. The second-order valence-electron chi connectivity index (χ2n) is 4.49. The summed E-state index contributed by atoms with van der Waals surface area (Å²) in [5.41, 5.74) is 0.579. The van der Waals surface area contributed by atoms with Crippen molar-refractivity contribution in [2.45, 2.75) is 39.7 Å². The second-order valence-corrected chi connectivity index (χ2v) is 4.49. The molecule has 0 aliphatic heterocycles. The van der Waals surface area contributed by atoms with Crippen LogP contribution in [0.5, 0.6) is 0 Å². The molecular weight excluding hydrogens is 146 g/mol. The maximum Gasteiger partial charge on any atom is 0.0135 e. The zero-order valence-electron chi connectivity index (χ0n) is 8.56. The number of hydrogen-bond donors (Lipinski definition) is 1. The van der Waals surface area contributed by atoms with Crippen LogP contribution in [0.3, 0.4) is 0 Å². The van der Waals surface area contributed by atoms with E-state index < -0.39 is 0 Å². The lowest BCUT2D eigenvalue weighted by Gasteiger charge is -2.17. The quantitative estimate of drug-likeness (QED) is 0.621. The summed E-state index contributed by atoms with van der Waals surface area (Å²) in [6.07, 6.45) is 4.52. The Bertz CT molecular complexity index is 160. The minimum atomic E-state index is 0.579. The van der Waals surface area contributed by atoms with Gasteiger partial charge in [0.25, 0.3) is 0 Å². The van der Waals surface area contributed by atoms with Gasteiger partial charge in [0.2, 0.25) is 0 Å². The van der Waals surface area contributed by atoms with Crippen LogP contribution < -0.4 is 5.32 Å². The molecule has 0 spiro atoms. The molecule has 0 bridgehead atoms. The van der Waals surface area contributed by atoms with Crippen molar-refractivity contribution in [1.29, 1.82) is 0 Å². The molecule has 12 heavy (non-hydrogen) atoms. The van der Waals surface area contributed by atoms with Gasteiger partial charge in [-0.05, 0) is 30.7 Å². The van der Waals surface area contributed by atoms with Crippen LogP contribution >= 0.6 is 0 Å². The fourth-order valence-corrected chi connectivity index (χ4v) is 2.03. The Morgan fingerprint density at radius 3 is 2.58 bits per heavy atom. The summed E-state index contributed by atoms with van der Waals surface area (Å²) in [7, 11) is 0. The van der Waals surface area contributed by atoms with Crippen molar-refractivity contribution in [2.75, 3.05) is 6.54 Å². The Hall–Kier alpha value is -0.300. The van der Waals surface area contributed by atoms with E-state index in [4.69, 9.17) is 0 Å². The molecule has 1 heteroatoms. The van der Waals surface area contributed by atoms with Crippen LogP contribution in [-0.4, -0.2) is 12.6 Å². The topological polar surface area (TPSA) is 12.0 Å². The van der Waals surface area contributed by atoms with Gasteiger partial charge < -0.3 is 5.32 Å². The average molecular weight is 167 g/mol. The van der Waals surface area contributed by atoms with Crippen molar-refractivity contribution >= 4 is 0 Å². The van der Waals surface area contributed by atoms with Crippen LogP contribution in [0, 0.1) is 11.3 Å². The summed E-state index contributed by atoms with van der Waals surface area (Å²) in [6.45, 7) is 11.8. The van der Waals surface area contributed by atoms with Gasteiger partial charge in [0.15, 0.2) is 0 Å². The van der Waals surface area contributed by atoms with E-state index in [1.54, 1.807) is 0 Å². The first kappa shape index (κ1) is 9.79. The Labute approximate surface area is 76.2 Å². The summed E-state index contributed by atoms with van der Waals surface area (Å²) >= 11 is 0. The summed E-state index contributed by atoms with van der Waals surface area (Å²) in [6, 6.07) is 0.669. The molecule has 0 aromatic carbocycles. The highest BCUT2D eigenvalue weighted by molar-refractivity contribution is 5.03. The third kappa shape index (κ3) is 2.10. The van der Waals surface area contributed by atoms with E-state index in [-0.39, 0.29) is 0 Å². The Kier molecular flexibility index (Phi) is 2.94. The maximum absolute atomic E-state index is 3.80. The molecule has 1 aliphatic carbocycles. The fraction of sp³-hybridized carbons (Fsp3) is 0.818. The normalized spacial score (nSPS) is 28.1. The molecule has 1 fully saturated rings. The molecule has 2 atom stereocenters. The largest absolute Gasteiger partial charge is 0.314 e. The molecular formula is C11H21N. The van der Waals surface area contributed by atoms with Crippen molar-refractivity contribution < 1.29 is 0 Å². The molecule has 0 radical (unpaired) electrons. The smallest absolute Gasteiger partial charge is 0.0135 e. The predicted octanol–water partition coefficient (Wildman–Crippen LogP) is 2.59. The van der Waals surface area contributed by atoms with Gasteiger partial charge in [-0.25, -0.2) is 0 Å². The van der Waals surface area contributed by atoms with Crippen LogP contribution in [0.4, 0.5) is 0 Å². The predicted molar refractivity (Wildman–Crippen MR) is 54.2 cm³/mol. The molecule has 1 saturated carbocycles. The molecule has 0 heterocycles. The number of hydrogen-bond acceptors (Lipinski definition) is 1. The molecule has 0 saturated heterocycles. The third-order valence-corrected chi connectivity index (χ3v) is 2.96. The van der Waals surface area contributed by atoms with E-state index in [9.17, 15) is 0 Å². The Morgan fingerprint density at radius 1 is 1.67 bits per heavy atom. The van der Waals surface area contributed by atoms with E-state index in [1.165, 1.54) is 6.42 Å². The molecule has 2 unspecified atom stereocenters. The van der Waals surface area contributed by atoms with Crippen LogP contribution in [0.1, 0.15) is 33.6 Å². The number of nitrogens with one attached hydrogen (secondary N) is 1. The van der Waals surface area contributed by atoms with Crippen LogP contribution in [0.2, 0.25) is 0 Å². The first-order valence-corrected chi connectivity index (χ1v) is 4.96. The molecule has 1 rings (SSSR count). The minimum absolute atomic E-state index is 0.579. The first-order chi connectivity index (χ1) is 5.61. The van der Waals surface area contributed by atoms with Crippen molar-refractivity contribution in [3.8, 4) is 0 Å². The van der Waals surface area contributed by atoms with Gasteiger partial charge in [0, 0.05) is 6.04 Å². The first-order valence-electron chi connectivity index (χ1n) is 4.96. The summed E-state index contributed by atoms with van der Waals surface area (Å²) in [5, 5.41) is 3.53. The van der Waals surface area contributed by atoms with Gasteiger partial charge in [-0.15, -0.1) is 6.58 Å². The van der Waals surface area contributed by atoms with Gasteiger partial charge in [-0.1, -0.05) is 26.8 Å². The molecule has 0 amide bonds. The summed E-state index contributed by atoms with van der Waals surface area (Å²) in [5.74, 6) is 0.871. The highest BCUT2D eigenvalue weighted by atomic mass is 14.9. The van der Waals surface area contributed by atoms with Crippen molar-refractivity contribution in [1.82, 2.24) is 5.32 Å². The molecule has 70 valence electrons. The standard InChI is InChI=1S/C11H21N/c1-5-7-10(12-6-2)9-8-11(9,3)4/h5,9-10,12H,1,6-8H2,2-4H3. The number of rotatable bonds is 5. The van der Waals surface area contributed by atoms with E-state index in [2.05, 4.69) is 32.7 Å². The Morgan fingerprint density at radius 2 is 2.25 bits per heavy atom.